The Bertz CT molecular complexity index is 379. The van der Waals surface area contributed by atoms with Crippen LogP contribution >= 0.6 is 0 Å². The van der Waals surface area contributed by atoms with Crippen LogP contribution in [-0.2, 0) is 14.3 Å². The molecule has 2 saturated heterocycles. The molecule has 0 aromatic heterocycles. The van der Waals surface area contributed by atoms with Gasteiger partial charge in [0.1, 0.15) is 6.04 Å². The molecule has 1 atom stereocenters. The van der Waals surface area contributed by atoms with Crippen molar-refractivity contribution in [3.8, 4) is 0 Å². The number of carbonyl (C=O) groups excluding carboxylic acids is 2. The molecule has 3 fully saturated rings. The van der Waals surface area contributed by atoms with E-state index in [1.165, 1.54) is 0 Å². The number of hydrogen-bond acceptors (Lipinski definition) is 3. The molecule has 1 aliphatic carbocycles. The van der Waals surface area contributed by atoms with Gasteiger partial charge in [-0.15, -0.1) is 0 Å². The Hall–Kier alpha value is -1.10. The SMILES string of the molecule is CCOC1CC(N2CCC(=O)N3CCCC3C2=O)C1. The first-order valence-electron chi connectivity index (χ1n) is 7.42. The van der Waals surface area contributed by atoms with Gasteiger partial charge < -0.3 is 14.5 Å². The molecule has 2 heterocycles. The fraction of sp³-hybridized carbons (Fsp3) is 0.857. The molecule has 0 radical (unpaired) electrons. The molecular weight excluding hydrogens is 244 g/mol. The van der Waals surface area contributed by atoms with Gasteiger partial charge in [-0.3, -0.25) is 9.59 Å². The molecular formula is C14H22N2O3. The maximum Gasteiger partial charge on any atom is 0.245 e. The lowest BCUT2D eigenvalue weighted by Gasteiger charge is -2.42. The van der Waals surface area contributed by atoms with E-state index >= 15 is 0 Å². The molecule has 2 aliphatic heterocycles. The number of amides is 2. The molecule has 0 aromatic carbocycles. The first-order valence-corrected chi connectivity index (χ1v) is 7.42. The van der Waals surface area contributed by atoms with Gasteiger partial charge in [0.15, 0.2) is 0 Å². The van der Waals surface area contributed by atoms with Crippen molar-refractivity contribution in [1.29, 1.82) is 0 Å². The second-order valence-corrected chi connectivity index (χ2v) is 5.73. The van der Waals surface area contributed by atoms with E-state index in [-0.39, 0.29) is 23.9 Å². The summed E-state index contributed by atoms with van der Waals surface area (Å²) in [5, 5.41) is 0. The molecule has 1 unspecified atom stereocenters. The minimum atomic E-state index is -0.179. The number of carbonyl (C=O) groups is 2. The summed E-state index contributed by atoms with van der Waals surface area (Å²) in [7, 11) is 0. The van der Waals surface area contributed by atoms with Gasteiger partial charge in [-0.1, -0.05) is 0 Å². The van der Waals surface area contributed by atoms with Crippen LogP contribution in [0.5, 0.6) is 0 Å². The van der Waals surface area contributed by atoms with E-state index in [2.05, 4.69) is 0 Å². The lowest BCUT2D eigenvalue weighted by molar-refractivity contribution is -0.144. The highest BCUT2D eigenvalue weighted by Crippen LogP contribution is 2.32. The highest BCUT2D eigenvalue weighted by atomic mass is 16.5. The molecule has 5 nitrogen and oxygen atoms in total. The molecule has 0 aromatic rings. The van der Waals surface area contributed by atoms with Gasteiger partial charge in [0.05, 0.1) is 6.10 Å². The normalized spacial score (nSPS) is 35.1. The largest absolute Gasteiger partial charge is 0.378 e. The number of ether oxygens (including phenoxy) is 1. The molecule has 0 bridgehead atoms. The Morgan fingerprint density at radius 1 is 1.21 bits per heavy atom. The number of rotatable bonds is 3. The standard InChI is InChI=1S/C14H22N2O3/c1-2-19-11-8-10(9-11)15-7-5-13(17)16-6-3-4-12(16)14(15)18/h10-12H,2-9H2,1H3. The summed E-state index contributed by atoms with van der Waals surface area (Å²) in [6.45, 7) is 4.09. The summed E-state index contributed by atoms with van der Waals surface area (Å²) in [4.78, 5) is 28.3. The van der Waals surface area contributed by atoms with Gasteiger partial charge >= 0.3 is 0 Å². The molecule has 19 heavy (non-hydrogen) atoms. The van der Waals surface area contributed by atoms with E-state index in [4.69, 9.17) is 4.74 Å². The molecule has 3 aliphatic rings. The fourth-order valence-corrected chi connectivity index (χ4v) is 3.51. The van der Waals surface area contributed by atoms with Crippen molar-refractivity contribution in [2.24, 2.45) is 0 Å². The minimum Gasteiger partial charge on any atom is -0.378 e. The summed E-state index contributed by atoms with van der Waals surface area (Å²) in [5.41, 5.74) is 0. The molecule has 5 heteroatoms. The van der Waals surface area contributed by atoms with Gasteiger partial charge in [-0.2, -0.15) is 0 Å². The van der Waals surface area contributed by atoms with Crippen molar-refractivity contribution < 1.29 is 14.3 Å². The van der Waals surface area contributed by atoms with E-state index in [0.717, 1.165) is 38.8 Å². The molecule has 106 valence electrons. The summed E-state index contributed by atoms with van der Waals surface area (Å²) in [6, 6.07) is 0.110. The second-order valence-electron chi connectivity index (χ2n) is 5.73. The second kappa shape index (κ2) is 5.12. The first kappa shape index (κ1) is 12.9. The summed E-state index contributed by atoms with van der Waals surface area (Å²) < 4.78 is 5.56. The van der Waals surface area contributed by atoms with Crippen molar-refractivity contribution in [1.82, 2.24) is 9.80 Å². The average Bonchev–Trinajstić information content (AvgIpc) is 2.80. The van der Waals surface area contributed by atoms with Gasteiger partial charge in [0.25, 0.3) is 0 Å². The zero-order valence-electron chi connectivity index (χ0n) is 11.5. The summed E-state index contributed by atoms with van der Waals surface area (Å²) in [5.74, 6) is 0.322. The van der Waals surface area contributed by atoms with E-state index < -0.39 is 0 Å². The van der Waals surface area contributed by atoms with Crippen molar-refractivity contribution in [3.05, 3.63) is 0 Å². The Kier molecular flexibility index (Phi) is 3.48. The molecule has 0 spiro atoms. The molecule has 0 N–H and O–H groups in total. The smallest absolute Gasteiger partial charge is 0.245 e. The highest BCUT2D eigenvalue weighted by molar-refractivity contribution is 5.90. The van der Waals surface area contributed by atoms with E-state index in [0.29, 0.717) is 19.1 Å². The predicted octanol–water partition coefficient (Wildman–Crippen LogP) is 0.777. The zero-order chi connectivity index (χ0) is 13.4. The van der Waals surface area contributed by atoms with Crippen LogP contribution in [0.1, 0.15) is 39.0 Å². The minimum absolute atomic E-state index is 0.152. The quantitative estimate of drug-likeness (QED) is 0.758. The third-order valence-electron chi connectivity index (χ3n) is 4.62. The average molecular weight is 266 g/mol. The van der Waals surface area contributed by atoms with Gasteiger partial charge in [0.2, 0.25) is 11.8 Å². The van der Waals surface area contributed by atoms with E-state index in [9.17, 15) is 9.59 Å². The number of fused-ring (bicyclic) bond motifs is 1. The van der Waals surface area contributed by atoms with Crippen molar-refractivity contribution in [2.75, 3.05) is 19.7 Å². The fourth-order valence-electron chi connectivity index (χ4n) is 3.51. The van der Waals surface area contributed by atoms with E-state index in [1.54, 1.807) is 4.90 Å². The van der Waals surface area contributed by atoms with Crippen LogP contribution in [0.4, 0.5) is 0 Å². The van der Waals surface area contributed by atoms with E-state index in [1.807, 2.05) is 11.8 Å². The van der Waals surface area contributed by atoms with Crippen LogP contribution in [0.25, 0.3) is 0 Å². The maximum atomic E-state index is 12.6. The number of hydrogen-bond donors (Lipinski definition) is 0. The maximum absolute atomic E-state index is 12.6. The van der Waals surface area contributed by atoms with Crippen LogP contribution in [0, 0.1) is 0 Å². The van der Waals surface area contributed by atoms with Crippen molar-refractivity contribution in [2.45, 2.75) is 57.2 Å². The molecule has 3 rings (SSSR count). The topological polar surface area (TPSA) is 49.9 Å². The predicted molar refractivity (Wildman–Crippen MR) is 69.5 cm³/mol. The Morgan fingerprint density at radius 3 is 2.74 bits per heavy atom. The lowest BCUT2D eigenvalue weighted by Crippen LogP contribution is -2.53. The lowest BCUT2D eigenvalue weighted by atomic mass is 9.87. The summed E-state index contributed by atoms with van der Waals surface area (Å²) in [6.07, 6.45) is 4.45. The third-order valence-corrected chi connectivity index (χ3v) is 4.62. The van der Waals surface area contributed by atoms with Crippen LogP contribution in [0.3, 0.4) is 0 Å². The Morgan fingerprint density at radius 2 is 2.00 bits per heavy atom. The van der Waals surface area contributed by atoms with Gasteiger partial charge in [0, 0.05) is 32.2 Å². The van der Waals surface area contributed by atoms with Gasteiger partial charge in [-0.05, 0) is 32.6 Å². The van der Waals surface area contributed by atoms with Gasteiger partial charge in [-0.25, -0.2) is 0 Å². The van der Waals surface area contributed by atoms with Crippen LogP contribution < -0.4 is 0 Å². The summed E-state index contributed by atoms with van der Waals surface area (Å²) >= 11 is 0. The van der Waals surface area contributed by atoms with Crippen LogP contribution in [0.15, 0.2) is 0 Å². The Balaban J connectivity index is 1.66. The van der Waals surface area contributed by atoms with Crippen molar-refractivity contribution in [3.63, 3.8) is 0 Å². The zero-order valence-corrected chi connectivity index (χ0v) is 11.5. The first-order chi connectivity index (χ1) is 9.20. The van der Waals surface area contributed by atoms with Crippen molar-refractivity contribution >= 4 is 11.8 Å². The molecule has 2 amide bonds. The van der Waals surface area contributed by atoms with Crippen LogP contribution in [-0.4, -0.2) is 59.5 Å². The monoisotopic (exact) mass is 266 g/mol. The molecule has 1 saturated carbocycles. The Labute approximate surface area is 113 Å². The third kappa shape index (κ3) is 2.24. The number of nitrogens with zero attached hydrogens (tertiary/aromatic N) is 2. The highest BCUT2D eigenvalue weighted by Gasteiger charge is 2.44. The van der Waals surface area contributed by atoms with Crippen LogP contribution in [0.2, 0.25) is 0 Å².